The Labute approximate surface area is 119 Å². The predicted molar refractivity (Wildman–Crippen MR) is 77.0 cm³/mol. The lowest BCUT2D eigenvalue weighted by atomic mass is 10.1. The van der Waals surface area contributed by atoms with Crippen molar-refractivity contribution in [1.82, 2.24) is 5.32 Å². The third-order valence-electron chi connectivity index (χ3n) is 3.08. The number of furan rings is 1. The van der Waals surface area contributed by atoms with Crippen molar-refractivity contribution in [1.29, 1.82) is 0 Å². The molecule has 0 saturated carbocycles. The Morgan fingerprint density at radius 2 is 2.00 bits per heavy atom. The summed E-state index contributed by atoms with van der Waals surface area (Å²) in [5.41, 5.74) is 1.25. The summed E-state index contributed by atoms with van der Waals surface area (Å²) in [7, 11) is 0. The zero-order chi connectivity index (χ0) is 14.0. The molecule has 4 nitrogen and oxygen atoms in total. The van der Waals surface area contributed by atoms with Crippen LogP contribution in [0.4, 0.5) is 0 Å². The van der Waals surface area contributed by atoms with Crippen LogP contribution in [-0.4, -0.2) is 19.0 Å². The third kappa shape index (κ3) is 5.28. The summed E-state index contributed by atoms with van der Waals surface area (Å²) in [4.78, 5) is 11.6. The molecular formula is C16H21N2O2+. The average molecular weight is 273 g/mol. The molecule has 0 aliphatic heterocycles. The molecule has 1 aromatic carbocycles. The van der Waals surface area contributed by atoms with E-state index in [2.05, 4.69) is 22.8 Å². The molecule has 0 aliphatic rings. The Balaban J connectivity index is 1.52. The largest absolute Gasteiger partial charge is 0.463 e. The number of rotatable bonds is 8. The number of carbonyl (C=O) groups excluding carboxylic acids is 1. The standard InChI is InChI=1S/C16H20N2O2/c19-16(9-10-17-13-15-7-4-12-20-15)18-11-8-14-5-2-1-3-6-14/h1-7,12,17H,8-11,13H2,(H,18,19)/p+1. The molecule has 0 aliphatic carbocycles. The van der Waals surface area contributed by atoms with Gasteiger partial charge in [0.25, 0.3) is 0 Å². The molecule has 2 rings (SSSR count). The van der Waals surface area contributed by atoms with Crippen LogP contribution >= 0.6 is 0 Å². The number of benzene rings is 1. The highest BCUT2D eigenvalue weighted by atomic mass is 16.3. The summed E-state index contributed by atoms with van der Waals surface area (Å²) in [6.45, 7) is 2.25. The van der Waals surface area contributed by atoms with Crippen LogP contribution in [0.15, 0.2) is 53.1 Å². The van der Waals surface area contributed by atoms with Gasteiger partial charge in [-0.1, -0.05) is 30.3 Å². The van der Waals surface area contributed by atoms with Gasteiger partial charge in [-0.25, -0.2) is 0 Å². The van der Waals surface area contributed by atoms with Crippen LogP contribution in [0.25, 0.3) is 0 Å². The predicted octanol–water partition coefficient (Wildman–Crippen LogP) is 1.09. The van der Waals surface area contributed by atoms with Gasteiger partial charge in [0.15, 0.2) is 5.76 Å². The first-order chi connectivity index (χ1) is 9.84. The highest BCUT2D eigenvalue weighted by Crippen LogP contribution is 1.98. The first kappa shape index (κ1) is 14.3. The van der Waals surface area contributed by atoms with E-state index in [0.29, 0.717) is 13.0 Å². The smallest absolute Gasteiger partial charge is 0.225 e. The number of carbonyl (C=O) groups is 1. The van der Waals surface area contributed by atoms with Crippen molar-refractivity contribution >= 4 is 5.91 Å². The molecule has 0 atom stereocenters. The van der Waals surface area contributed by atoms with Gasteiger partial charge in [-0.2, -0.15) is 0 Å². The van der Waals surface area contributed by atoms with Crippen molar-refractivity contribution in [3.63, 3.8) is 0 Å². The molecule has 0 spiro atoms. The molecule has 20 heavy (non-hydrogen) atoms. The van der Waals surface area contributed by atoms with Gasteiger partial charge in [-0.15, -0.1) is 0 Å². The molecule has 1 aromatic heterocycles. The molecule has 4 heteroatoms. The maximum absolute atomic E-state index is 11.6. The first-order valence-corrected chi connectivity index (χ1v) is 6.99. The molecule has 0 unspecified atom stereocenters. The zero-order valence-corrected chi connectivity index (χ0v) is 11.5. The molecule has 0 saturated heterocycles. The average Bonchev–Trinajstić information content (AvgIpc) is 2.98. The second-order valence-electron chi connectivity index (χ2n) is 4.70. The maximum atomic E-state index is 11.6. The number of quaternary nitrogens is 1. The fourth-order valence-corrected chi connectivity index (χ4v) is 1.99. The van der Waals surface area contributed by atoms with Gasteiger partial charge in [0.2, 0.25) is 5.91 Å². The van der Waals surface area contributed by atoms with Gasteiger partial charge < -0.3 is 15.1 Å². The summed E-state index contributed by atoms with van der Waals surface area (Å²) in [6, 6.07) is 14.0. The fraction of sp³-hybridized carbons (Fsp3) is 0.312. The van der Waals surface area contributed by atoms with E-state index in [9.17, 15) is 4.79 Å². The number of amides is 1. The quantitative estimate of drug-likeness (QED) is 0.707. The molecule has 0 fully saturated rings. The van der Waals surface area contributed by atoms with E-state index in [1.54, 1.807) is 6.26 Å². The van der Waals surface area contributed by atoms with Crippen molar-refractivity contribution in [2.75, 3.05) is 13.1 Å². The normalized spacial score (nSPS) is 10.4. The van der Waals surface area contributed by atoms with Crippen molar-refractivity contribution in [3.05, 3.63) is 60.1 Å². The van der Waals surface area contributed by atoms with Gasteiger partial charge in [0.05, 0.1) is 19.2 Å². The summed E-state index contributed by atoms with van der Waals surface area (Å²) < 4.78 is 5.22. The Morgan fingerprint density at radius 1 is 1.15 bits per heavy atom. The Morgan fingerprint density at radius 3 is 2.75 bits per heavy atom. The lowest BCUT2D eigenvalue weighted by Gasteiger charge is -2.05. The van der Waals surface area contributed by atoms with E-state index in [1.165, 1.54) is 5.56 Å². The topological polar surface area (TPSA) is 58.9 Å². The maximum Gasteiger partial charge on any atom is 0.225 e. The molecule has 3 N–H and O–H groups in total. The third-order valence-corrected chi connectivity index (χ3v) is 3.08. The second-order valence-corrected chi connectivity index (χ2v) is 4.70. The summed E-state index contributed by atoms with van der Waals surface area (Å²) in [5.74, 6) is 1.05. The fourth-order valence-electron chi connectivity index (χ4n) is 1.99. The zero-order valence-electron chi connectivity index (χ0n) is 11.5. The van der Waals surface area contributed by atoms with Crippen molar-refractivity contribution in [2.24, 2.45) is 0 Å². The van der Waals surface area contributed by atoms with Crippen LogP contribution in [0, 0.1) is 0 Å². The monoisotopic (exact) mass is 273 g/mol. The lowest BCUT2D eigenvalue weighted by molar-refractivity contribution is -0.671. The highest BCUT2D eigenvalue weighted by molar-refractivity contribution is 5.75. The van der Waals surface area contributed by atoms with E-state index in [4.69, 9.17) is 4.42 Å². The number of hydrogen-bond acceptors (Lipinski definition) is 2. The Kier molecular flexibility index (Phi) is 5.86. The van der Waals surface area contributed by atoms with Crippen LogP contribution in [-0.2, 0) is 17.8 Å². The minimum atomic E-state index is 0.108. The minimum absolute atomic E-state index is 0.108. The van der Waals surface area contributed by atoms with Crippen molar-refractivity contribution in [3.8, 4) is 0 Å². The number of nitrogens with two attached hydrogens (primary N) is 1. The number of hydrogen-bond donors (Lipinski definition) is 2. The molecular weight excluding hydrogens is 252 g/mol. The van der Waals surface area contributed by atoms with E-state index in [0.717, 1.165) is 25.3 Å². The van der Waals surface area contributed by atoms with Crippen LogP contribution in [0.1, 0.15) is 17.7 Å². The number of nitrogens with one attached hydrogen (secondary N) is 1. The Bertz CT molecular complexity index is 494. The van der Waals surface area contributed by atoms with E-state index in [1.807, 2.05) is 30.3 Å². The van der Waals surface area contributed by atoms with Crippen molar-refractivity contribution in [2.45, 2.75) is 19.4 Å². The first-order valence-electron chi connectivity index (χ1n) is 6.99. The molecule has 2 aromatic rings. The van der Waals surface area contributed by atoms with Gasteiger partial charge in [0.1, 0.15) is 6.54 Å². The van der Waals surface area contributed by atoms with Gasteiger partial charge in [-0.05, 0) is 24.1 Å². The van der Waals surface area contributed by atoms with Gasteiger partial charge in [-0.3, -0.25) is 4.79 Å². The van der Waals surface area contributed by atoms with Crippen molar-refractivity contribution < 1.29 is 14.5 Å². The second kappa shape index (κ2) is 8.17. The van der Waals surface area contributed by atoms with Crippen LogP contribution in [0.5, 0.6) is 0 Å². The van der Waals surface area contributed by atoms with Gasteiger partial charge >= 0.3 is 0 Å². The summed E-state index contributed by atoms with van der Waals surface area (Å²) >= 11 is 0. The summed E-state index contributed by atoms with van der Waals surface area (Å²) in [5, 5.41) is 5.02. The minimum Gasteiger partial charge on any atom is -0.463 e. The van der Waals surface area contributed by atoms with E-state index < -0.39 is 0 Å². The molecule has 0 radical (unpaired) electrons. The lowest BCUT2D eigenvalue weighted by Crippen LogP contribution is -2.82. The SMILES string of the molecule is O=C(CC[NH2+]Cc1ccco1)NCCc1ccccc1. The highest BCUT2D eigenvalue weighted by Gasteiger charge is 2.03. The molecule has 0 bridgehead atoms. The van der Waals surface area contributed by atoms with Crippen LogP contribution in [0.3, 0.4) is 0 Å². The molecule has 1 heterocycles. The van der Waals surface area contributed by atoms with Crippen LogP contribution in [0.2, 0.25) is 0 Å². The summed E-state index contributed by atoms with van der Waals surface area (Å²) in [6.07, 6.45) is 3.08. The molecule has 1 amide bonds. The Hall–Kier alpha value is -2.07. The van der Waals surface area contributed by atoms with E-state index in [-0.39, 0.29) is 5.91 Å². The van der Waals surface area contributed by atoms with E-state index >= 15 is 0 Å². The molecule has 106 valence electrons. The van der Waals surface area contributed by atoms with Gasteiger partial charge in [0, 0.05) is 6.54 Å². The van der Waals surface area contributed by atoms with Crippen LogP contribution < -0.4 is 10.6 Å².